The van der Waals surface area contributed by atoms with E-state index in [-0.39, 0.29) is 11.2 Å². The van der Waals surface area contributed by atoms with Crippen molar-refractivity contribution >= 4 is 34.8 Å². The first-order valence-electron chi connectivity index (χ1n) is 3.29. The quantitative estimate of drug-likeness (QED) is 0.746. The molecule has 0 aliphatic heterocycles. The van der Waals surface area contributed by atoms with E-state index in [1.807, 2.05) is 0 Å². The van der Waals surface area contributed by atoms with Gasteiger partial charge in [-0.1, -0.05) is 34.8 Å². The van der Waals surface area contributed by atoms with Gasteiger partial charge in [-0.15, -0.1) is 0 Å². The van der Waals surface area contributed by atoms with Crippen LogP contribution in [0.1, 0.15) is 18.5 Å². The number of hydrogen-bond donors (Lipinski definition) is 1. The smallest absolute Gasteiger partial charge is 0.148 e. The maximum atomic E-state index is 5.83. The number of halogens is 3. The Morgan fingerprint density at radius 1 is 1.42 bits per heavy atom. The van der Waals surface area contributed by atoms with Gasteiger partial charge in [0.2, 0.25) is 0 Å². The van der Waals surface area contributed by atoms with Crippen molar-refractivity contribution in [2.24, 2.45) is 5.73 Å². The highest BCUT2D eigenvalue weighted by atomic mass is 35.5. The summed E-state index contributed by atoms with van der Waals surface area (Å²) in [6.07, 6.45) is 1.44. The minimum absolute atomic E-state index is 0.230. The summed E-state index contributed by atoms with van der Waals surface area (Å²) in [6, 6.07) is -0.245. The van der Waals surface area contributed by atoms with Gasteiger partial charge in [-0.05, 0) is 6.92 Å². The maximum absolute atomic E-state index is 5.83. The molecule has 0 aromatic carbocycles. The van der Waals surface area contributed by atoms with E-state index in [2.05, 4.69) is 4.98 Å². The van der Waals surface area contributed by atoms with Crippen molar-refractivity contribution in [2.45, 2.75) is 13.0 Å². The lowest BCUT2D eigenvalue weighted by atomic mass is 10.1. The molecule has 66 valence electrons. The highest BCUT2D eigenvalue weighted by Crippen LogP contribution is 2.32. The largest absolute Gasteiger partial charge is 0.324 e. The molecule has 1 atom stereocenters. The first-order valence-corrected chi connectivity index (χ1v) is 4.42. The van der Waals surface area contributed by atoms with Crippen molar-refractivity contribution in [1.29, 1.82) is 0 Å². The van der Waals surface area contributed by atoms with E-state index in [0.29, 0.717) is 15.6 Å². The summed E-state index contributed by atoms with van der Waals surface area (Å²) in [4.78, 5) is 3.77. The van der Waals surface area contributed by atoms with Crippen molar-refractivity contribution in [3.05, 3.63) is 27.0 Å². The predicted octanol–water partition coefficient (Wildman–Crippen LogP) is 3.06. The monoisotopic (exact) mass is 224 g/mol. The third kappa shape index (κ3) is 1.83. The second-order valence-corrected chi connectivity index (χ2v) is 3.56. The van der Waals surface area contributed by atoms with E-state index >= 15 is 0 Å². The molecule has 1 rings (SSSR count). The first kappa shape index (κ1) is 10.1. The average Bonchev–Trinajstić information content (AvgIpc) is 1.97. The molecule has 2 N–H and O–H groups in total. The SMILES string of the molecule is C[C@H](N)c1c(Cl)cnc(Cl)c1Cl. The molecule has 0 radical (unpaired) electrons. The minimum atomic E-state index is -0.245. The molecule has 0 spiro atoms. The summed E-state index contributed by atoms with van der Waals surface area (Å²) in [6.45, 7) is 1.78. The van der Waals surface area contributed by atoms with Crippen LogP contribution in [0.5, 0.6) is 0 Å². The Labute approximate surface area is 85.6 Å². The molecule has 5 heteroatoms. The van der Waals surface area contributed by atoms with E-state index in [1.165, 1.54) is 6.20 Å². The molecule has 0 saturated carbocycles. The maximum Gasteiger partial charge on any atom is 0.148 e. The molecule has 1 aromatic heterocycles. The Morgan fingerprint density at radius 2 is 2.00 bits per heavy atom. The average molecular weight is 226 g/mol. The summed E-state index contributed by atoms with van der Waals surface area (Å²) in [5.41, 5.74) is 6.27. The van der Waals surface area contributed by atoms with E-state index in [1.54, 1.807) is 6.92 Å². The Bertz CT molecular complexity index is 299. The van der Waals surface area contributed by atoms with Crippen LogP contribution in [-0.2, 0) is 0 Å². The highest BCUT2D eigenvalue weighted by molar-refractivity contribution is 6.43. The molecule has 0 fully saturated rings. The fourth-order valence-corrected chi connectivity index (χ4v) is 1.71. The van der Waals surface area contributed by atoms with Gasteiger partial charge in [0, 0.05) is 17.8 Å². The van der Waals surface area contributed by atoms with Crippen LogP contribution >= 0.6 is 34.8 Å². The molecule has 12 heavy (non-hydrogen) atoms. The van der Waals surface area contributed by atoms with Gasteiger partial charge in [0.15, 0.2) is 0 Å². The number of rotatable bonds is 1. The van der Waals surface area contributed by atoms with Crippen LogP contribution in [0.25, 0.3) is 0 Å². The third-order valence-corrected chi connectivity index (χ3v) is 2.49. The molecule has 0 aliphatic rings. The lowest BCUT2D eigenvalue weighted by Crippen LogP contribution is -2.07. The van der Waals surface area contributed by atoms with Gasteiger partial charge in [0.25, 0.3) is 0 Å². The van der Waals surface area contributed by atoms with E-state index in [4.69, 9.17) is 40.5 Å². The zero-order valence-corrected chi connectivity index (χ0v) is 8.58. The van der Waals surface area contributed by atoms with Crippen LogP contribution in [-0.4, -0.2) is 4.98 Å². The van der Waals surface area contributed by atoms with Crippen LogP contribution in [0.15, 0.2) is 6.20 Å². The fourth-order valence-electron chi connectivity index (χ4n) is 0.873. The molecular weight excluding hydrogens is 218 g/mol. The Balaban J connectivity index is 3.33. The van der Waals surface area contributed by atoms with Crippen molar-refractivity contribution in [3.8, 4) is 0 Å². The fraction of sp³-hybridized carbons (Fsp3) is 0.286. The zero-order valence-electron chi connectivity index (χ0n) is 6.31. The lowest BCUT2D eigenvalue weighted by Gasteiger charge is -2.10. The topological polar surface area (TPSA) is 38.9 Å². The Kier molecular flexibility index (Phi) is 3.18. The summed E-state index contributed by atoms with van der Waals surface area (Å²) < 4.78 is 0. The molecule has 0 unspecified atom stereocenters. The zero-order chi connectivity index (χ0) is 9.30. The summed E-state index contributed by atoms with van der Waals surface area (Å²) >= 11 is 17.3. The molecule has 0 amide bonds. The van der Waals surface area contributed by atoms with Gasteiger partial charge in [0.1, 0.15) is 5.15 Å². The second kappa shape index (κ2) is 3.79. The van der Waals surface area contributed by atoms with Crippen molar-refractivity contribution in [3.63, 3.8) is 0 Å². The first-order chi connectivity index (χ1) is 5.54. The summed E-state index contributed by atoms with van der Waals surface area (Å²) in [5, 5.41) is 1.01. The van der Waals surface area contributed by atoms with E-state index in [9.17, 15) is 0 Å². The van der Waals surface area contributed by atoms with E-state index < -0.39 is 0 Å². The van der Waals surface area contributed by atoms with Gasteiger partial charge in [-0.3, -0.25) is 0 Å². The van der Waals surface area contributed by atoms with Crippen LogP contribution in [0.2, 0.25) is 15.2 Å². The van der Waals surface area contributed by atoms with Gasteiger partial charge in [-0.25, -0.2) is 4.98 Å². The van der Waals surface area contributed by atoms with Gasteiger partial charge in [-0.2, -0.15) is 0 Å². The molecule has 2 nitrogen and oxygen atoms in total. The van der Waals surface area contributed by atoms with Crippen molar-refractivity contribution in [2.75, 3.05) is 0 Å². The second-order valence-electron chi connectivity index (χ2n) is 2.41. The molecule has 0 bridgehead atoms. The standard InChI is InChI=1S/C7H7Cl3N2/c1-3(11)5-4(8)2-12-7(10)6(5)9/h2-3H,11H2,1H3/t3-/m0/s1. The van der Waals surface area contributed by atoms with Crippen LogP contribution < -0.4 is 5.73 Å². The van der Waals surface area contributed by atoms with Crippen molar-refractivity contribution in [1.82, 2.24) is 4.98 Å². The van der Waals surface area contributed by atoms with Gasteiger partial charge >= 0.3 is 0 Å². The van der Waals surface area contributed by atoms with E-state index in [0.717, 1.165) is 0 Å². The third-order valence-electron chi connectivity index (χ3n) is 1.42. The number of hydrogen-bond acceptors (Lipinski definition) is 2. The number of nitrogens with two attached hydrogens (primary N) is 1. The molecule has 1 aromatic rings. The normalized spacial score (nSPS) is 13.1. The van der Waals surface area contributed by atoms with Crippen LogP contribution in [0, 0.1) is 0 Å². The minimum Gasteiger partial charge on any atom is -0.324 e. The summed E-state index contributed by atoms with van der Waals surface area (Å²) in [5.74, 6) is 0. The molecular formula is C7H7Cl3N2. The van der Waals surface area contributed by atoms with Gasteiger partial charge in [0.05, 0.1) is 10.0 Å². The number of nitrogens with zero attached hydrogens (tertiary/aromatic N) is 1. The van der Waals surface area contributed by atoms with Gasteiger partial charge < -0.3 is 5.73 Å². The van der Waals surface area contributed by atoms with Crippen LogP contribution in [0.4, 0.5) is 0 Å². The molecule has 0 aliphatic carbocycles. The van der Waals surface area contributed by atoms with Crippen LogP contribution in [0.3, 0.4) is 0 Å². The lowest BCUT2D eigenvalue weighted by molar-refractivity contribution is 0.816. The summed E-state index contributed by atoms with van der Waals surface area (Å²) in [7, 11) is 0. The predicted molar refractivity (Wildman–Crippen MR) is 51.9 cm³/mol. The number of pyridine rings is 1. The van der Waals surface area contributed by atoms with Crippen molar-refractivity contribution < 1.29 is 0 Å². The molecule has 1 heterocycles. The molecule has 0 saturated heterocycles. The highest BCUT2D eigenvalue weighted by Gasteiger charge is 2.13. The Morgan fingerprint density at radius 3 is 2.42 bits per heavy atom. The Hall–Kier alpha value is -0.0200. The number of aromatic nitrogens is 1.